The molecule has 2 heterocycles. The van der Waals surface area contributed by atoms with Crippen LogP contribution in [0, 0.1) is 0 Å². The molecule has 18 nitrogen and oxygen atoms in total. The number of phenolic OH excluding ortho intramolecular Hbond substituents is 9. The second kappa shape index (κ2) is 11.0. The number of rotatable bonds is 2. The van der Waals surface area contributed by atoms with Gasteiger partial charge in [-0.05, 0) is 24.3 Å². The van der Waals surface area contributed by atoms with Crippen LogP contribution in [0.25, 0.3) is 11.1 Å². The lowest BCUT2D eigenvalue weighted by atomic mass is 9.91. The monoisotopic (exact) mass is 634 g/mol. The number of hydrogen-bond donors (Lipinski definition) is 11. The number of phenols is 9. The summed E-state index contributed by atoms with van der Waals surface area (Å²) in [5, 5.41) is 113. The van der Waals surface area contributed by atoms with Crippen molar-refractivity contribution in [3.05, 3.63) is 41.0 Å². The molecule has 1 saturated heterocycles. The molecule has 0 spiro atoms. The van der Waals surface area contributed by atoms with Gasteiger partial charge < -0.3 is 75.1 Å². The Labute approximate surface area is 248 Å². The predicted octanol–water partition coefficient (Wildman–Crippen LogP) is -0.297. The minimum absolute atomic E-state index is 0.508. The van der Waals surface area contributed by atoms with Crippen molar-refractivity contribution in [3.8, 4) is 62.9 Å². The van der Waals surface area contributed by atoms with Crippen LogP contribution in [-0.4, -0.2) is 111 Å². The Bertz CT molecular complexity index is 1730. The smallest absolute Gasteiger partial charge is 0.340 e. The standard InChI is InChI=1S/C27H22O18/c28-9-1-6(2-10(29)16(9)32)24(39)45-27-22(38)23-19(35)13(43-27)5-42-25(40)7-3-11(30)17(33)20(36)14(7)15-8(26(41)44-23)4-12(31)18(34)21(15)37/h1-4,13,19,22-23,27-38H,5H2/t13-,19+,22+,23+,27-/m0/s1. The lowest BCUT2D eigenvalue weighted by Gasteiger charge is -2.41. The maximum atomic E-state index is 13.5. The number of ether oxygens (including phenoxy) is 4. The van der Waals surface area contributed by atoms with Gasteiger partial charge in [0, 0.05) is 11.1 Å². The molecule has 2 aliphatic rings. The van der Waals surface area contributed by atoms with Crippen LogP contribution in [0.3, 0.4) is 0 Å². The van der Waals surface area contributed by atoms with Gasteiger partial charge in [-0.3, -0.25) is 0 Å². The number of fused-ring (bicyclic) bond motifs is 5. The van der Waals surface area contributed by atoms with E-state index in [4.69, 9.17) is 18.9 Å². The molecule has 0 unspecified atom stereocenters. The van der Waals surface area contributed by atoms with E-state index in [1.165, 1.54) is 0 Å². The summed E-state index contributed by atoms with van der Waals surface area (Å²) in [4.78, 5) is 39.4. The molecule has 2 bridgehead atoms. The summed E-state index contributed by atoms with van der Waals surface area (Å²) in [7, 11) is 0. The number of carbonyl (C=O) groups excluding carboxylic acids is 3. The lowest BCUT2D eigenvalue weighted by Crippen LogP contribution is -2.61. The van der Waals surface area contributed by atoms with Gasteiger partial charge in [-0.15, -0.1) is 0 Å². The van der Waals surface area contributed by atoms with Crippen LogP contribution >= 0.6 is 0 Å². The molecule has 0 saturated carbocycles. The van der Waals surface area contributed by atoms with Gasteiger partial charge in [0.15, 0.2) is 52.5 Å². The Morgan fingerprint density at radius 3 is 1.69 bits per heavy atom. The van der Waals surface area contributed by atoms with Gasteiger partial charge in [0.1, 0.15) is 18.8 Å². The maximum absolute atomic E-state index is 13.5. The first-order valence-electron chi connectivity index (χ1n) is 12.5. The molecule has 1 fully saturated rings. The number of carbonyl (C=O) groups is 3. The van der Waals surface area contributed by atoms with Crippen molar-refractivity contribution in [2.24, 2.45) is 0 Å². The summed E-state index contributed by atoms with van der Waals surface area (Å²) in [5.41, 5.74) is -4.12. The zero-order valence-electron chi connectivity index (χ0n) is 22.2. The van der Waals surface area contributed by atoms with Gasteiger partial charge in [-0.2, -0.15) is 0 Å². The van der Waals surface area contributed by atoms with Crippen LogP contribution in [0.4, 0.5) is 0 Å². The fourth-order valence-electron chi connectivity index (χ4n) is 4.71. The number of hydrogen-bond acceptors (Lipinski definition) is 18. The Hall–Kier alpha value is -5.85. The quantitative estimate of drug-likeness (QED) is 0.0979. The normalized spacial score (nSPS) is 22.9. The molecular weight excluding hydrogens is 612 g/mol. The second-order valence-corrected chi connectivity index (χ2v) is 9.79. The molecule has 3 aromatic carbocycles. The Balaban J connectivity index is 1.61. The van der Waals surface area contributed by atoms with Gasteiger partial charge in [0.2, 0.25) is 17.8 Å². The van der Waals surface area contributed by atoms with E-state index in [-0.39, 0.29) is 0 Å². The maximum Gasteiger partial charge on any atom is 0.340 e. The first-order chi connectivity index (χ1) is 21.1. The molecule has 2 aliphatic heterocycles. The van der Waals surface area contributed by atoms with Crippen molar-refractivity contribution < 1.29 is 89.5 Å². The summed E-state index contributed by atoms with van der Waals surface area (Å²) in [6.45, 7) is -0.947. The van der Waals surface area contributed by atoms with Crippen molar-refractivity contribution in [3.63, 3.8) is 0 Å². The Morgan fingerprint density at radius 1 is 0.667 bits per heavy atom. The van der Waals surface area contributed by atoms with Gasteiger partial charge in [0.05, 0.1) is 16.7 Å². The van der Waals surface area contributed by atoms with Crippen LogP contribution in [0.15, 0.2) is 24.3 Å². The van der Waals surface area contributed by atoms with E-state index in [0.717, 1.165) is 0 Å². The molecular formula is C27H22O18. The van der Waals surface area contributed by atoms with Crippen LogP contribution in [0.5, 0.6) is 51.7 Å². The zero-order valence-corrected chi connectivity index (χ0v) is 22.2. The predicted molar refractivity (Wildman–Crippen MR) is 139 cm³/mol. The average molecular weight is 634 g/mol. The molecule has 45 heavy (non-hydrogen) atoms. The van der Waals surface area contributed by atoms with Gasteiger partial charge in [-0.1, -0.05) is 0 Å². The first-order valence-corrected chi connectivity index (χ1v) is 12.5. The van der Waals surface area contributed by atoms with Crippen LogP contribution in [0.1, 0.15) is 31.1 Å². The largest absolute Gasteiger partial charge is 0.504 e. The fourth-order valence-corrected chi connectivity index (χ4v) is 4.71. The highest BCUT2D eigenvalue weighted by Crippen LogP contribution is 2.53. The lowest BCUT2D eigenvalue weighted by molar-refractivity contribution is -0.284. The van der Waals surface area contributed by atoms with Crippen molar-refractivity contribution in [2.45, 2.75) is 30.7 Å². The minimum atomic E-state index is -2.22. The van der Waals surface area contributed by atoms with E-state index in [0.29, 0.717) is 24.3 Å². The van der Waals surface area contributed by atoms with Crippen molar-refractivity contribution >= 4 is 17.9 Å². The molecule has 5 atom stereocenters. The third-order valence-electron chi connectivity index (χ3n) is 6.99. The van der Waals surface area contributed by atoms with E-state index in [1.807, 2.05) is 0 Å². The summed E-state index contributed by atoms with van der Waals surface area (Å²) in [6.07, 6.45) is -10.2. The summed E-state index contributed by atoms with van der Waals surface area (Å²) < 4.78 is 20.8. The number of benzene rings is 3. The summed E-state index contributed by atoms with van der Waals surface area (Å²) >= 11 is 0. The molecule has 238 valence electrons. The molecule has 5 rings (SSSR count). The first kappa shape index (κ1) is 30.6. The number of aliphatic hydroxyl groups excluding tert-OH is 2. The number of aromatic hydroxyl groups is 9. The molecule has 0 amide bonds. The summed E-state index contributed by atoms with van der Waals surface area (Å²) in [5.74, 6) is -14.5. The number of esters is 3. The number of aliphatic hydroxyl groups is 2. The van der Waals surface area contributed by atoms with E-state index in [2.05, 4.69) is 0 Å². The number of cyclic esters (lactones) is 1. The van der Waals surface area contributed by atoms with Gasteiger partial charge in [0.25, 0.3) is 0 Å². The van der Waals surface area contributed by atoms with Gasteiger partial charge in [-0.25, -0.2) is 14.4 Å². The van der Waals surface area contributed by atoms with Crippen LogP contribution in [0.2, 0.25) is 0 Å². The van der Waals surface area contributed by atoms with E-state index in [1.54, 1.807) is 0 Å². The Kier molecular flexibility index (Phi) is 7.49. The highest BCUT2D eigenvalue weighted by atomic mass is 16.7. The zero-order chi connectivity index (χ0) is 33.1. The van der Waals surface area contributed by atoms with Crippen molar-refractivity contribution in [1.29, 1.82) is 0 Å². The third kappa shape index (κ3) is 5.07. The van der Waals surface area contributed by atoms with Crippen molar-refractivity contribution in [2.75, 3.05) is 6.61 Å². The Morgan fingerprint density at radius 2 is 1.16 bits per heavy atom. The highest BCUT2D eigenvalue weighted by molar-refractivity contribution is 6.08. The molecule has 3 aromatic rings. The van der Waals surface area contributed by atoms with Crippen LogP contribution in [-0.2, 0) is 18.9 Å². The van der Waals surface area contributed by atoms with Gasteiger partial charge >= 0.3 is 17.9 Å². The van der Waals surface area contributed by atoms with E-state index < -0.39 is 135 Å². The minimum Gasteiger partial charge on any atom is -0.504 e. The molecule has 0 aliphatic carbocycles. The summed E-state index contributed by atoms with van der Waals surface area (Å²) in [6, 6.07) is 2.45. The highest BCUT2D eigenvalue weighted by Gasteiger charge is 2.50. The van der Waals surface area contributed by atoms with Crippen LogP contribution < -0.4 is 0 Å². The third-order valence-corrected chi connectivity index (χ3v) is 6.99. The van der Waals surface area contributed by atoms with E-state index in [9.17, 15) is 70.6 Å². The van der Waals surface area contributed by atoms with Crippen molar-refractivity contribution in [1.82, 2.24) is 0 Å². The molecule has 18 heteroatoms. The SMILES string of the molecule is O=C(O[C@@H]1O[C@H]2COC(=O)c3cc(O)c(O)c(O)c3-c3c(cc(O)c(O)c3O)C(=O)O[C@@H]([C@H]1O)[C@@H]2O)c1cc(O)c(O)c(O)c1. The molecule has 0 aromatic heterocycles. The average Bonchev–Trinajstić information content (AvgIpc) is 2.99. The topological polar surface area (TPSA) is 311 Å². The fraction of sp³-hybridized carbons (Fsp3) is 0.222. The molecule has 0 radical (unpaired) electrons. The molecule has 11 N–H and O–H groups in total. The van der Waals surface area contributed by atoms with E-state index >= 15 is 0 Å². The second-order valence-electron chi connectivity index (χ2n) is 9.79.